The second-order valence-electron chi connectivity index (χ2n) is 7.89. The molecule has 1 atom stereocenters. The maximum Gasteiger partial charge on any atom is 0.416 e. The van der Waals surface area contributed by atoms with Crippen molar-refractivity contribution in [2.24, 2.45) is 0 Å². The topological polar surface area (TPSA) is 110 Å². The zero-order chi connectivity index (χ0) is 24.6. The van der Waals surface area contributed by atoms with Crippen LogP contribution in [0.3, 0.4) is 0 Å². The minimum Gasteiger partial charge on any atom is -0.378 e. The first-order valence-corrected chi connectivity index (χ1v) is 10.7. The number of rotatable bonds is 5. The first-order chi connectivity index (χ1) is 16.0. The van der Waals surface area contributed by atoms with Crippen LogP contribution in [0.25, 0.3) is 6.08 Å². The van der Waals surface area contributed by atoms with Gasteiger partial charge in [-0.2, -0.15) is 13.2 Å². The highest BCUT2D eigenvalue weighted by Crippen LogP contribution is 2.36. The lowest BCUT2D eigenvalue weighted by Crippen LogP contribution is -2.41. The SMILES string of the molecule is C[C@@H](Nc1nc(Cl)nc2c1CC(C(=O)N1CCOCC1)=C2)c1cc([N+](=O)[O-])cc(C(F)(F)F)c1. The summed E-state index contributed by atoms with van der Waals surface area (Å²) in [4.78, 5) is 33.2. The summed E-state index contributed by atoms with van der Waals surface area (Å²) in [6.07, 6.45) is -2.93. The maximum absolute atomic E-state index is 13.3. The minimum atomic E-state index is -4.75. The lowest BCUT2D eigenvalue weighted by Gasteiger charge is -2.27. The van der Waals surface area contributed by atoms with Crippen molar-refractivity contribution in [2.75, 3.05) is 31.6 Å². The number of nitrogens with zero attached hydrogens (tertiary/aromatic N) is 4. The summed E-state index contributed by atoms with van der Waals surface area (Å²) in [6, 6.07) is 1.61. The predicted octanol–water partition coefficient (Wildman–Crippen LogP) is 4.03. The number of carbonyl (C=O) groups is 1. The van der Waals surface area contributed by atoms with E-state index in [2.05, 4.69) is 15.3 Å². The minimum absolute atomic E-state index is 0.0422. The molecule has 13 heteroatoms. The van der Waals surface area contributed by atoms with Gasteiger partial charge in [0.25, 0.3) is 5.69 Å². The number of alkyl halides is 3. The number of nitrogens with one attached hydrogen (secondary N) is 1. The van der Waals surface area contributed by atoms with Gasteiger partial charge in [0.1, 0.15) is 5.82 Å². The van der Waals surface area contributed by atoms with Gasteiger partial charge in [0.2, 0.25) is 11.2 Å². The first kappa shape index (κ1) is 23.9. The third-order valence-electron chi connectivity index (χ3n) is 5.59. The number of nitro groups is 1. The lowest BCUT2D eigenvalue weighted by atomic mass is 10.0. The van der Waals surface area contributed by atoms with Crippen molar-refractivity contribution in [3.05, 3.63) is 61.6 Å². The molecule has 0 bridgehead atoms. The molecule has 1 aliphatic carbocycles. The van der Waals surface area contributed by atoms with Gasteiger partial charge in [0.15, 0.2) is 0 Å². The van der Waals surface area contributed by atoms with E-state index < -0.39 is 28.4 Å². The number of amides is 1. The highest BCUT2D eigenvalue weighted by Gasteiger charge is 2.34. The molecular weight excluding hydrogens is 479 g/mol. The van der Waals surface area contributed by atoms with Gasteiger partial charge in [-0.25, -0.2) is 9.97 Å². The smallest absolute Gasteiger partial charge is 0.378 e. The van der Waals surface area contributed by atoms with Crippen LogP contribution in [0.2, 0.25) is 5.28 Å². The Morgan fingerprint density at radius 3 is 2.62 bits per heavy atom. The zero-order valence-corrected chi connectivity index (χ0v) is 18.6. The maximum atomic E-state index is 13.3. The molecule has 0 radical (unpaired) electrons. The Morgan fingerprint density at radius 1 is 1.26 bits per heavy atom. The summed E-state index contributed by atoms with van der Waals surface area (Å²) >= 11 is 6.04. The van der Waals surface area contributed by atoms with Crippen LogP contribution in [0.1, 0.15) is 35.3 Å². The van der Waals surface area contributed by atoms with Crippen molar-refractivity contribution < 1.29 is 27.6 Å². The number of ether oxygens (including phenoxy) is 1. The Kier molecular flexibility index (Phi) is 6.45. The Labute approximate surface area is 196 Å². The fourth-order valence-corrected chi connectivity index (χ4v) is 4.02. The van der Waals surface area contributed by atoms with Crippen molar-refractivity contribution in [1.29, 1.82) is 0 Å². The van der Waals surface area contributed by atoms with Crippen molar-refractivity contribution in [2.45, 2.75) is 25.6 Å². The first-order valence-electron chi connectivity index (χ1n) is 10.3. The van der Waals surface area contributed by atoms with Crippen molar-refractivity contribution in [3.8, 4) is 0 Å². The summed E-state index contributed by atoms with van der Waals surface area (Å²) in [5, 5.41) is 14.0. The zero-order valence-electron chi connectivity index (χ0n) is 17.9. The number of hydrogen-bond donors (Lipinski definition) is 1. The second kappa shape index (κ2) is 9.18. The average molecular weight is 498 g/mol. The quantitative estimate of drug-likeness (QED) is 0.377. The molecule has 4 rings (SSSR count). The summed E-state index contributed by atoms with van der Waals surface area (Å²) < 4.78 is 45.1. The molecule has 34 heavy (non-hydrogen) atoms. The van der Waals surface area contributed by atoms with Gasteiger partial charge in [-0.1, -0.05) is 0 Å². The van der Waals surface area contributed by atoms with Gasteiger partial charge in [0.05, 0.1) is 35.4 Å². The monoisotopic (exact) mass is 497 g/mol. The van der Waals surface area contributed by atoms with Gasteiger partial charge in [0, 0.05) is 42.8 Å². The van der Waals surface area contributed by atoms with Gasteiger partial charge in [-0.3, -0.25) is 14.9 Å². The van der Waals surface area contributed by atoms with E-state index in [1.54, 1.807) is 17.9 Å². The van der Waals surface area contributed by atoms with E-state index >= 15 is 0 Å². The predicted molar refractivity (Wildman–Crippen MR) is 116 cm³/mol. The van der Waals surface area contributed by atoms with E-state index in [4.69, 9.17) is 16.3 Å². The van der Waals surface area contributed by atoms with Gasteiger partial charge < -0.3 is 15.0 Å². The highest BCUT2D eigenvalue weighted by molar-refractivity contribution is 6.28. The Morgan fingerprint density at radius 2 is 1.97 bits per heavy atom. The summed E-state index contributed by atoms with van der Waals surface area (Å²) in [6.45, 7) is 3.38. The number of carbonyl (C=O) groups excluding carboxylic acids is 1. The number of non-ortho nitro benzene ring substituents is 1. The second-order valence-corrected chi connectivity index (χ2v) is 8.23. The summed E-state index contributed by atoms with van der Waals surface area (Å²) in [7, 11) is 0. The van der Waals surface area contributed by atoms with E-state index in [9.17, 15) is 28.1 Å². The molecule has 0 saturated carbocycles. The van der Waals surface area contributed by atoms with Crippen LogP contribution in [-0.4, -0.2) is 52.0 Å². The van der Waals surface area contributed by atoms with E-state index in [0.717, 1.165) is 12.1 Å². The van der Waals surface area contributed by atoms with Crippen LogP contribution in [0.5, 0.6) is 0 Å². The third kappa shape index (κ3) is 4.97. The molecular formula is C21H19ClF3N5O4. The number of morpholine rings is 1. The van der Waals surface area contributed by atoms with E-state index in [0.29, 0.717) is 49.2 Å². The highest BCUT2D eigenvalue weighted by atomic mass is 35.5. The molecule has 0 unspecified atom stereocenters. The van der Waals surface area contributed by atoms with Gasteiger partial charge in [-0.15, -0.1) is 0 Å². The van der Waals surface area contributed by atoms with Gasteiger partial charge in [-0.05, 0) is 36.2 Å². The number of nitro benzene ring substituents is 1. The molecule has 2 aromatic rings. The molecule has 1 aromatic carbocycles. The molecule has 9 nitrogen and oxygen atoms in total. The molecule has 2 heterocycles. The molecule has 1 saturated heterocycles. The number of aromatic nitrogens is 2. The Bertz CT molecular complexity index is 1180. The van der Waals surface area contributed by atoms with E-state index in [1.807, 2.05) is 0 Å². The molecule has 180 valence electrons. The molecule has 1 amide bonds. The third-order valence-corrected chi connectivity index (χ3v) is 5.76. The normalized spacial score (nSPS) is 16.6. The van der Waals surface area contributed by atoms with E-state index in [-0.39, 0.29) is 29.0 Å². The standard InChI is InChI=1S/C21H19ClF3N5O4/c1-11(12-6-14(21(23,24)25)10-15(7-12)30(32)33)26-18-16-8-13(9-17(16)27-20(22)28-18)19(31)29-2-4-34-5-3-29/h6-7,9-11H,2-5,8H2,1H3,(H,26,27,28)/t11-/m1/s1. The summed E-state index contributed by atoms with van der Waals surface area (Å²) in [5.74, 6) is 0.0773. The molecule has 1 N–H and O–H groups in total. The van der Waals surface area contributed by atoms with Crippen molar-refractivity contribution in [1.82, 2.24) is 14.9 Å². The van der Waals surface area contributed by atoms with E-state index in [1.165, 1.54) is 0 Å². The number of hydrogen-bond acceptors (Lipinski definition) is 7. The number of halogens is 4. The van der Waals surface area contributed by atoms with Crippen LogP contribution in [-0.2, 0) is 22.1 Å². The number of anilines is 1. The van der Waals surface area contributed by atoms with Crippen molar-refractivity contribution in [3.63, 3.8) is 0 Å². The average Bonchev–Trinajstić information content (AvgIpc) is 3.22. The number of fused-ring (bicyclic) bond motifs is 1. The lowest BCUT2D eigenvalue weighted by molar-refractivity contribution is -0.385. The Balaban J connectivity index is 1.60. The van der Waals surface area contributed by atoms with Crippen LogP contribution in [0, 0.1) is 10.1 Å². The fraction of sp³-hybridized carbons (Fsp3) is 0.381. The largest absolute Gasteiger partial charge is 0.416 e. The van der Waals surface area contributed by atoms with Gasteiger partial charge >= 0.3 is 6.18 Å². The summed E-state index contributed by atoms with van der Waals surface area (Å²) in [5.41, 5.74) is -0.282. The van der Waals surface area contributed by atoms with Crippen LogP contribution in [0.15, 0.2) is 23.8 Å². The van der Waals surface area contributed by atoms with Crippen LogP contribution in [0.4, 0.5) is 24.7 Å². The molecule has 0 spiro atoms. The molecule has 1 aliphatic heterocycles. The van der Waals surface area contributed by atoms with Crippen molar-refractivity contribution >= 4 is 35.1 Å². The van der Waals surface area contributed by atoms with Crippen LogP contribution >= 0.6 is 11.6 Å². The van der Waals surface area contributed by atoms with Crippen LogP contribution < -0.4 is 5.32 Å². The number of benzene rings is 1. The molecule has 1 fully saturated rings. The molecule has 1 aromatic heterocycles. The Hall–Kier alpha value is -3.25. The fourth-order valence-electron chi connectivity index (χ4n) is 3.84. The molecule has 2 aliphatic rings.